The van der Waals surface area contributed by atoms with E-state index in [1.165, 1.54) is 0 Å². The molecule has 158 valence electrons. The number of allylic oxidation sites excluding steroid dienone is 1. The first kappa shape index (κ1) is 19.5. The second-order valence-electron chi connectivity index (χ2n) is 7.42. The molecule has 1 aliphatic heterocycles. The van der Waals surface area contributed by atoms with Gasteiger partial charge in [0.25, 0.3) is 5.91 Å². The minimum absolute atomic E-state index is 0.131. The number of carbonyl (C=O) groups is 1. The number of rotatable bonds is 4. The monoisotopic (exact) mass is 424 g/mol. The van der Waals surface area contributed by atoms with Crippen molar-refractivity contribution in [3.63, 3.8) is 0 Å². The van der Waals surface area contributed by atoms with Crippen LogP contribution in [0, 0.1) is 0 Å². The minimum atomic E-state index is -0.503. The van der Waals surface area contributed by atoms with E-state index in [4.69, 9.17) is 5.10 Å². The average Bonchev–Trinajstić information content (AvgIpc) is 3.23. The zero-order valence-electron chi connectivity index (χ0n) is 17.2. The standard InChI is InChI=1S/C24H20N6O2/c1-15-20(23(32)27-18-7-3-2-4-8-18)21(16-10-12-25-13-11-16)30-24(26-15)28-22(29-30)17-6-5-9-19(31)14-17/h2-14,21,31H,1H3,(H,27,32)(H,26,28,29). The van der Waals surface area contributed by atoms with Gasteiger partial charge >= 0.3 is 0 Å². The Kier molecular flexibility index (Phi) is 4.87. The highest BCUT2D eigenvalue weighted by atomic mass is 16.3. The molecule has 1 aliphatic rings. The number of carbonyl (C=O) groups excluding carboxylic acids is 1. The summed E-state index contributed by atoms with van der Waals surface area (Å²) < 4.78 is 1.70. The van der Waals surface area contributed by atoms with Gasteiger partial charge < -0.3 is 15.7 Å². The molecule has 3 heterocycles. The van der Waals surface area contributed by atoms with Crippen LogP contribution in [0.25, 0.3) is 11.4 Å². The summed E-state index contributed by atoms with van der Waals surface area (Å²) in [5, 5.41) is 20.7. The summed E-state index contributed by atoms with van der Waals surface area (Å²) in [7, 11) is 0. The van der Waals surface area contributed by atoms with Gasteiger partial charge in [0.2, 0.25) is 5.95 Å². The molecule has 0 bridgehead atoms. The molecule has 8 nitrogen and oxygen atoms in total. The molecule has 1 amide bonds. The number of nitrogens with one attached hydrogen (secondary N) is 2. The van der Waals surface area contributed by atoms with Gasteiger partial charge in [-0.1, -0.05) is 30.3 Å². The van der Waals surface area contributed by atoms with Gasteiger partial charge in [-0.15, -0.1) is 5.10 Å². The minimum Gasteiger partial charge on any atom is -0.508 e. The number of pyridine rings is 1. The lowest BCUT2D eigenvalue weighted by Crippen LogP contribution is -2.31. The first-order valence-corrected chi connectivity index (χ1v) is 10.1. The molecule has 2 aromatic heterocycles. The van der Waals surface area contributed by atoms with E-state index in [1.807, 2.05) is 55.5 Å². The molecular weight excluding hydrogens is 404 g/mol. The third-order valence-electron chi connectivity index (χ3n) is 5.26. The number of aromatic nitrogens is 4. The highest BCUT2D eigenvalue weighted by molar-refractivity contribution is 6.06. The molecule has 0 saturated heterocycles. The summed E-state index contributed by atoms with van der Waals surface area (Å²) in [6.07, 6.45) is 3.37. The van der Waals surface area contributed by atoms with Crippen molar-refractivity contribution in [1.82, 2.24) is 19.7 Å². The lowest BCUT2D eigenvalue weighted by atomic mass is 9.96. The number of phenolic OH excluding ortho intramolecular Hbond substituents is 1. The van der Waals surface area contributed by atoms with Crippen LogP contribution in [-0.2, 0) is 4.79 Å². The number of nitrogens with zero attached hydrogens (tertiary/aromatic N) is 4. The van der Waals surface area contributed by atoms with Crippen LogP contribution in [-0.4, -0.2) is 30.8 Å². The van der Waals surface area contributed by atoms with Crippen molar-refractivity contribution in [3.8, 4) is 17.1 Å². The lowest BCUT2D eigenvalue weighted by molar-refractivity contribution is -0.113. The first-order chi connectivity index (χ1) is 15.6. The second-order valence-corrected chi connectivity index (χ2v) is 7.42. The predicted molar refractivity (Wildman–Crippen MR) is 121 cm³/mol. The van der Waals surface area contributed by atoms with Crippen molar-refractivity contribution in [1.29, 1.82) is 0 Å². The Balaban J connectivity index is 1.60. The van der Waals surface area contributed by atoms with Gasteiger partial charge in [0.1, 0.15) is 11.8 Å². The van der Waals surface area contributed by atoms with Crippen LogP contribution >= 0.6 is 0 Å². The fourth-order valence-corrected chi connectivity index (χ4v) is 3.79. The van der Waals surface area contributed by atoms with Crippen LogP contribution in [0.5, 0.6) is 5.75 Å². The predicted octanol–water partition coefficient (Wildman–Crippen LogP) is 3.97. The van der Waals surface area contributed by atoms with E-state index in [2.05, 4.69) is 20.6 Å². The van der Waals surface area contributed by atoms with Crippen molar-refractivity contribution < 1.29 is 9.90 Å². The molecule has 0 spiro atoms. The van der Waals surface area contributed by atoms with Crippen molar-refractivity contribution in [2.75, 3.05) is 10.6 Å². The SMILES string of the molecule is CC1=C(C(=O)Nc2ccccc2)C(c2ccncc2)n2nc(-c3cccc(O)c3)nc2N1. The Hall–Kier alpha value is -4.46. The van der Waals surface area contributed by atoms with E-state index in [-0.39, 0.29) is 11.7 Å². The first-order valence-electron chi connectivity index (χ1n) is 10.1. The molecule has 4 aromatic rings. The van der Waals surface area contributed by atoms with Crippen molar-refractivity contribution in [2.24, 2.45) is 0 Å². The van der Waals surface area contributed by atoms with Crippen LogP contribution in [0.4, 0.5) is 11.6 Å². The Morgan fingerprint density at radius 2 is 1.84 bits per heavy atom. The van der Waals surface area contributed by atoms with Gasteiger partial charge in [0, 0.05) is 29.3 Å². The Bertz CT molecular complexity index is 1310. The summed E-state index contributed by atoms with van der Waals surface area (Å²) in [6.45, 7) is 1.85. The van der Waals surface area contributed by atoms with Crippen LogP contribution in [0.3, 0.4) is 0 Å². The molecular formula is C24H20N6O2. The van der Waals surface area contributed by atoms with Gasteiger partial charge in [-0.2, -0.15) is 4.98 Å². The van der Waals surface area contributed by atoms with E-state index in [0.29, 0.717) is 34.3 Å². The molecule has 0 fully saturated rings. The lowest BCUT2D eigenvalue weighted by Gasteiger charge is -2.28. The summed E-state index contributed by atoms with van der Waals surface area (Å²) in [5.74, 6) is 0.855. The Morgan fingerprint density at radius 3 is 2.59 bits per heavy atom. The normalized spacial score (nSPS) is 15.1. The highest BCUT2D eigenvalue weighted by Crippen LogP contribution is 2.36. The van der Waals surface area contributed by atoms with Crippen LogP contribution in [0.15, 0.2) is 90.4 Å². The zero-order valence-corrected chi connectivity index (χ0v) is 17.2. The number of amides is 1. The van der Waals surface area contributed by atoms with Crippen molar-refractivity contribution in [3.05, 3.63) is 96.0 Å². The summed E-state index contributed by atoms with van der Waals surface area (Å²) in [4.78, 5) is 22.1. The smallest absolute Gasteiger partial charge is 0.255 e. The fourth-order valence-electron chi connectivity index (χ4n) is 3.79. The van der Waals surface area contributed by atoms with E-state index >= 15 is 0 Å². The van der Waals surface area contributed by atoms with Crippen LogP contribution in [0.1, 0.15) is 18.5 Å². The number of hydrogen-bond donors (Lipinski definition) is 3. The summed E-state index contributed by atoms with van der Waals surface area (Å²) in [6, 6.07) is 19.3. The largest absolute Gasteiger partial charge is 0.508 e. The summed E-state index contributed by atoms with van der Waals surface area (Å²) in [5.41, 5.74) is 3.45. The molecule has 5 rings (SSSR count). The molecule has 0 aliphatic carbocycles. The molecule has 1 unspecified atom stereocenters. The van der Waals surface area contributed by atoms with Gasteiger partial charge in [0.05, 0.1) is 5.57 Å². The highest BCUT2D eigenvalue weighted by Gasteiger charge is 2.34. The maximum absolute atomic E-state index is 13.4. The third kappa shape index (κ3) is 3.58. The zero-order chi connectivity index (χ0) is 22.1. The third-order valence-corrected chi connectivity index (χ3v) is 5.26. The fraction of sp³-hybridized carbons (Fsp3) is 0.0833. The molecule has 3 N–H and O–H groups in total. The average molecular weight is 424 g/mol. The Morgan fingerprint density at radius 1 is 1.06 bits per heavy atom. The van der Waals surface area contributed by atoms with Gasteiger partial charge in [-0.3, -0.25) is 9.78 Å². The quantitative estimate of drug-likeness (QED) is 0.458. The van der Waals surface area contributed by atoms with Gasteiger partial charge in [-0.25, -0.2) is 4.68 Å². The number of benzene rings is 2. The number of anilines is 2. The molecule has 8 heteroatoms. The number of hydrogen-bond acceptors (Lipinski definition) is 6. The Labute approximate surface area is 184 Å². The summed E-state index contributed by atoms with van der Waals surface area (Å²) >= 11 is 0. The number of para-hydroxylation sites is 1. The molecule has 0 saturated carbocycles. The van der Waals surface area contributed by atoms with Crippen LogP contribution in [0.2, 0.25) is 0 Å². The van der Waals surface area contributed by atoms with E-state index in [1.54, 1.807) is 35.3 Å². The number of aromatic hydroxyl groups is 1. The van der Waals surface area contributed by atoms with Gasteiger partial charge in [0.15, 0.2) is 5.82 Å². The number of phenols is 1. The van der Waals surface area contributed by atoms with Crippen LogP contribution < -0.4 is 10.6 Å². The molecule has 2 aromatic carbocycles. The second kappa shape index (κ2) is 7.99. The van der Waals surface area contributed by atoms with Gasteiger partial charge in [-0.05, 0) is 48.9 Å². The molecule has 0 radical (unpaired) electrons. The molecule has 1 atom stereocenters. The van der Waals surface area contributed by atoms with E-state index < -0.39 is 6.04 Å². The maximum atomic E-state index is 13.4. The maximum Gasteiger partial charge on any atom is 0.255 e. The van der Waals surface area contributed by atoms with Crippen molar-refractivity contribution in [2.45, 2.75) is 13.0 Å². The van der Waals surface area contributed by atoms with Crippen molar-refractivity contribution >= 4 is 17.5 Å². The van der Waals surface area contributed by atoms with E-state index in [9.17, 15) is 9.90 Å². The number of fused-ring (bicyclic) bond motifs is 1. The molecule has 32 heavy (non-hydrogen) atoms. The topological polar surface area (TPSA) is 105 Å². The van der Waals surface area contributed by atoms with E-state index in [0.717, 1.165) is 5.56 Å².